The molecule has 0 radical (unpaired) electrons. The molecule has 4 heteroatoms. The van der Waals surface area contributed by atoms with Crippen LogP contribution in [-0.4, -0.2) is 9.99 Å². The summed E-state index contributed by atoms with van der Waals surface area (Å²) in [6.07, 6.45) is 0. The molecule has 2 nitrogen and oxygen atoms in total. The highest BCUT2D eigenvalue weighted by molar-refractivity contribution is 7.98. The number of Topliss-reactive ketones (excluding diaryl/α,β-unsaturated/α-hetero) is 1. The van der Waals surface area contributed by atoms with E-state index in [1.54, 1.807) is 0 Å². The molecule has 1 aliphatic carbocycles. The van der Waals surface area contributed by atoms with E-state index >= 15 is 0 Å². The van der Waals surface area contributed by atoms with Crippen LogP contribution in [-0.2, 0) is 4.79 Å². The topological polar surface area (TPSA) is 26.3 Å². The number of rotatable bonds is 3. The van der Waals surface area contributed by atoms with Gasteiger partial charge in [-0.3, -0.25) is 4.79 Å². The number of halogens is 1. The number of carbonyl (C=O) groups excluding carboxylic acids is 1. The predicted molar refractivity (Wildman–Crippen MR) is 75.8 cm³/mol. The minimum absolute atomic E-state index is 0.175. The van der Waals surface area contributed by atoms with Crippen LogP contribution in [0.5, 0.6) is 5.75 Å². The van der Waals surface area contributed by atoms with Crippen molar-refractivity contribution in [3.05, 3.63) is 30.3 Å². The van der Waals surface area contributed by atoms with Gasteiger partial charge < -0.3 is 4.18 Å². The van der Waals surface area contributed by atoms with Gasteiger partial charge in [0.05, 0.1) is 22.9 Å². The first-order valence-electron chi connectivity index (χ1n) is 5.88. The van der Waals surface area contributed by atoms with Gasteiger partial charge in [0.2, 0.25) is 0 Å². The van der Waals surface area contributed by atoms with Gasteiger partial charge in [0.15, 0.2) is 4.21 Å². The number of ketones is 1. The van der Waals surface area contributed by atoms with E-state index in [1.807, 2.05) is 58.0 Å². The fourth-order valence-corrected chi connectivity index (χ4v) is 3.77. The predicted octanol–water partition coefficient (Wildman–Crippen LogP) is 4.28. The summed E-state index contributed by atoms with van der Waals surface area (Å²) in [6.45, 7) is 7.48. The number of hydrogen-bond acceptors (Lipinski definition) is 3. The third-order valence-corrected chi connectivity index (χ3v) is 6.40. The lowest BCUT2D eigenvalue weighted by Crippen LogP contribution is -2.69. The van der Waals surface area contributed by atoms with Crippen molar-refractivity contribution in [1.29, 1.82) is 0 Å². The minimum Gasteiger partial charge on any atom is -0.424 e. The van der Waals surface area contributed by atoms with E-state index in [0.29, 0.717) is 0 Å². The van der Waals surface area contributed by atoms with Gasteiger partial charge in [0.25, 0.3) is 0 Å². The highest BCUT2D eigenvalue weighted by Gasteiger charge is 2.73. The average molecular weight is 285 g/mol. The molecule has 0 atom stereocenters. The van der Waals surface area contributed by atoms with Gasteiger partial charge in [0.1, 0.15) is 11.5 Å². The normalized spacial score (nSPS) is 23.3. The molecule has 0 amide bonds. The molecule has 0 saturated heterocycles. The van der Waals surface area contributed by atoms with Crippen molar-refractivity contribution < 1.29 is 8.98 Å². The smallest absolute Gasteiger partial charge is 0.151 e. The summed E-state index contributed by atoms with van der Waals surface area (Å²) in [6, 6.07) is 9.47. The van der Waals surface area contributed by atoms with Crippen LogP contribution in [0.25, 0.3) is 0 Å². The van der Waals surface area contributed by atoms with Gasteiger partial charge in [-0.1, -0.05) is 45.9 Å². The first-order valence-corrected chi connectivity index (χ1v) is 7.00. The Morgan fingerprint density at radius 3 is 2.06 bits per heavy atom. The number of alkyl halides is 1. The standard InChI is InChI=1S/C14H17ClO2S/c1-12(2)11(16)13(3,4)14(12,15)18-17-10-8-6-5-7-9-10/h5-9H,1-4H3. The van der Waals surface area contributed by atoms with Crippen molar-refractivity contribution in [1.82, 2.24) is 0 Å². The molecule has 18 heavy (non-hydrogen) atoms. The van der Waals surface area contributed by atoms with Crippen LogP contribution in [0.1, 0.15) is 27.7 Å². The SMILES string of the molecule is CC1(C)C(=O)C(C)(C)C1(Cl)SOc1ccccc1. The molecule has 1 fully saturated rings. The fourth-order valence-electron chi connectivity index (χ4n) is 2.58. The van der Waals surface area contributed by atoms with Crippen LogP contribution in [0.3, 0.4) is 0 Å². The quantitative estimate of drug-likeness (QED) is 0.612. The van der Waals surface area contributed by atoms with E-state index in [4.69, 9.17) is 15.8 Å². The zero-order valence-corrected chi connectivity index (χ0v) is 12.6. The third-order valence-electron chi connectivity index (χ3n) is 3.74. The van der Waals surface area contributed by atoms with Crippen LogP contribution in [0.4, 0.5) is 0 Å². The summed E-state index contributed by atoms with van der Waals surface area (Å²) < 4.78 is 4.92. The summed E-state index contributed by atoms with van der Waals surface area (Å²) >= 11 is 7.83. The number of para-hydroxylation sites is 1. The molecule has 98 valence electrons. The molecule has 0 bridgehead atoms. The van der Waals surface area contributed by atoms with Gasteiger partial charge in [0, 0.05) is 0 Å². The number of hydrogen-bond donors (Lipinski definition) is 0. The van der Waals surface area contributed by atoms with Crippen molar-refractivity contribution in [2.75, 3.05) is 0 Å². The first kappa shape index (κ1) is 13.8. The Bertz CT molecular complexity index is 450. The zero-order valence-electron chi connectivity index (χ0n) is 11.0. The Morgan fingerprint density at radius 1 is 1.06 bits per heavy atom. The van der Waals surface area contributed by atoms with Gasteiger partial charge in [-0.05, 0) is 12.1 Å². The van der Waals surface area contributed by atoms with Gasteiger partial charge in [-0.25, -0.2) is 0 Å². The Balaban J connectivity index is 2.16. The summed E-state index contributed by atoms with van der Waals surface area (Å²) in [5.41, 5.74) is -1.17. The van der Waals surface area contributed by atoms with E-state index in [2.05, 4.69) is 0 Å². The average Bonchev–Trinajstić information content (AvgIpc) is 2.35. The van der Waals surface area contributed by atoms with E-state index in [0.717, 1.165) is 5.75 Å². The lowest BCUT2D eigenvalue weighted by atomic mass is 9.54. The maximum Gasteiger partial charge on any atom is 0.151 e. The van der Waals surface area contributed by atoms with E-state index in [1.165, 1.54) is 12.0 Å². The molecule has 1 aromatic rings. The van der Waals surface area contributed by atoms with Crippen LogP contribution in [0, 0.1) is 10.8 Å². The van der Waals surface area contributed by atoms with Crippen molar-refractivity contribution >= 4 is 29.4 Å². The van der Waals surface area contributed by atoms with Crippen molar-refractivity contribution in [3.8, 4) is 5.75 Å². The molecule has 1 aliphatic rings. The second-order valence-corrected chi connectivity index (χ2v) is 7.39. The number of carbonyl (C=O) groups is 1. The summed E-state index contributed by atoms with van der Waals surface area (Å²) in [5.74, 6) is 0.919. The molecule has 0 spiro atoms. The van der Waals surface area contributed by atoms with Gasteiger partial charge >= 0.3 is 0 Å². The molecule has 1 aromatic carbocycles. The molecule has 0 aliphatic heterocycles. The highest BCUT2D eigenvalue weighted by atomic mass is 35.5. The van der Waals surface area contributed by atoms with Gasteiger partial charge in [-0.15, -0.1) is 11.6 Å². The summed E-state index contributed by atoms with van der Waals surface area (Å²) in [5, 5.41) is 0. The second-order valence-electron chi connectivity index (χ2n) is 5.65. The van der Waals surface area contributed by atoms with Crippen molar-refractivity contribution in [2.24, 2.45) is 10.8 Å². The maximum absolute atomic E-state index is 12.1. The molecule has 0 unspecified atom stereocenters. The summed E-state index contributed by atoms with van der Waals surface area (Å²) in [4.78, 5) is 12.1. The minimum atomic E-state index is -0.743. The van der Waals surface area contributed by atoms with E-state index in [9.17, 15) is 4.79 Å². The third kappa shape index (κ3) is 1.68. The highest BCUT2D eigenvalue weighted by Crippen LogP contribution is 2.67. The fraction of sp³-hybridized carbons (Fsp3) is 0.500. The van der Waals surface area contributed by atoms with Gasteiger partial charge in [-0.2, -0.15) is 0 Å². The molecule has 1 saturated carbocycles. The lowest BCUT2D eigenvalue weighted by molar-refractivity contribution is -0.153. The first-order chi connectivity index (χ1) is 8.23. The van der Waals surface area contributed by atoms with Crippen molar-refractivity contribution in [3.63, 3.8) is 0 Å². The largest absolute Gasteiger partial charge is 0.424 e. The maximum atomic E-state index is 12.1. The van der Waals surface area contributed by atoms with Crippen LogP contribution in [0.15, 0.2) is 30.3 Å². The Morgan fingerprint density at radius 2 is 1.56 bits per heavy atom. The van der Waals surface area contributed by atoms with E-state index in [-0.39, 0.29) is 5.78 Å². The Labute approximate surface area is 117 Å². The molecule has 0 aromatic heterocycles. The number of benzene rings is 1. The molecule has 0 heterocycles. The molecule has 2 rings (SSSR count). The molecular weight excluding hydrogens is 268 g/mol. The Hall–Kier alpha value is -0.670. The Kier molecular flexibility index (Phi) is 3.19. The van der Waals surface area contributed by atoms with Crippen LogP contribution < -0.4 is 4.18 Å². The molecular formula is C14H17ClO2S. The van der Waals surface area contributed by atoms with E-state index < -0.39 is 15.0 Å². The molecule has 0 N–H and O–H groups in total. The van der Waals surface area contributed by atoms with Crippen LogP contribution in [0.2, 0.25) is 0 Å². The van der Waals surface area contributed by atoms with Crippen molar-refractivity contribution in [2.45, 2.75) is 31.9 Å². The summed E-state index contributed by atoms with van der Waals surface area (Å²) in [7, 11) is 0. The lowest BCUT2D eigenvalue weighted by Gasteiger charge is -2.59. The monoisotopic (exact) mass is 284 g/mol. The second kappa shape index (κ2) is 4.17. The zero-order chi connectivity index (χ0) is 13.6. The van der Waals surface area contributed by atoms with Crippen LogP contribution >= 0.6 is 23.6 Å².